The summed E-state index contributed by atoms with van der Waals surface area (Å²) in [5, 5.41) is 0. The third-order valence-corrected chi connectivity index (χ3v) is 7.77. The van der Waals surface area contributed by atoms with E-state index in [4.69, 9.17) is 15.2 Å². The van der Waals surface area contributed by atoms with Crippen molar-refractivity contribution in [2.24, 2.45) is 4.99 Å². The number of hydrogen-bond acceptors (Lipinski definition) is 7. The predicted octanol–water partition coefficient (Wildman–Crippen LogP) is 3.94. The lowest BCUT2D eigenvalue weighted by Gasteiger charge is -2.26. The summed E-state index contributed by atoms with van der Waals surface area (Å²) in [4.78, 5) is 21.1. The largest absolute Gasteiger partial charge is 0.352 e. The number of fused-ring (bicyclic) bond motifs is 4. The Bertz CT molecular complexity index is 1080. The topological polar surface area (TPSA) is 78.2 Å². The van der Waals surface area contributed by atoms with Crippen LogP contribution in [0.4, 0.5) is 11.5 Å². The fourth-order valence-corrected chi connectivity index (χ4v) is 6.42. The molecule has 30 heavy (non-hydrogen) atoms. The molecule has 5 heterocycles. The highest BCUT2D eigenvalue weighted by Gasteiger charge is 2.46. The molecule has 1 aromatic carbocycles. The van der Waals surface area contributed by atoms with Crippen LogP contribution in [0.1, 0.15) is 50.3 Å². The van der Waals surface area contributed by atoms with E-state index in [0.717, 1.165) is 12.1 Å². The van der Waals surface area contributed by atoms with Crippen molar-refractivity contribution in [3.8, 4) is 0 Å². The lowest BCUT2D eigenvalue weighted by molar-refractivity contribution is -0.00346. The molecule has 1 aromatic heterocycles. The zero-order valence-electron chi connectivity index (χ0n) is 17.6. The molecule has 2 aromatic rings. The van der Waals surface area contributed by atoms with Gasteiger partial charge in [0.1, 0.15) is 6.23 Å². The van der Waals surface area contributed by atoms with Gasteiger partial charge >= 0.3 is 0 Å². The van der Waals surface area contributed by atoms with Crippen LogP contribution >= 0.6 is 8.53 Å². The summed E-state index contributed by atoms with van der Waals surface area (Å²) in [6.07, 6.45) is 2.41. The number of anilines is 1. The van der Waals surface area contributed by atoms with Crippen LogP contribution in [0.2, 0.25) is 0 Å². The van der Waals surface area contributed by atoms with Crippen LogP contribution in [0.3, 0.4) is 0 Å². The standard InChI is InChI=1S/C21H23N4O4P/c1-12-7-17(26)20-21(23-12)24(11-22-20)19-9-18(13(2)28-19)29-30-25-15(10-27-30)8-14-5-3-4-6-16(14)25/h3-6,11,13,15,18-19H,7-10H2,1-2H3/t13?,15-,18?,19?,30+/m0/s1/i2D. The molecule has 8 nitrogen and oxygen atoms in total. The number of aliphatic imine (C=N–C) groups is 1. The SMILES string of the molecule is [2H]CC1OC(n2cnc3c2N=C(C)CC3=O)CC1O[P@@]1OC[C@@H]2Cc3ccccc3N21. The summed E-state index contributed by atoms with van der Waals surface area (Å²) >= 11 is 0. The van der Waals surface area contributed by atoms with Crippen molar-refractivity contribution >= 4 is 31.5 Å². The first-order valence-corrected chi connectivity index (χ1v) is 11.3. The summed E-state index contributed by atoms with van der Waals surface area (Å²) < 4.78 is 30.7. The summed E-state index contributed by atoms with van der Waals surface area (Å²) in [7, 11) is -1.25. The van der Waals surface area contributed by atoms with Gasteiger partial charge in [0.25, 0.3) is 8.53 Å². The van der Waals surface area contributed by atoms with E-state index in [1.165, 1.54) is 11.3 Å². The number of imidazole rings is 1. The molecule has 0 N–H and O–H groups in total. The second-order valence-electron chi connectivity index (χ2n) is 8.14. The average molecular weight is 427 g/mol. The van der Waals surface area contributed by atoms with Crippen LogP contribution in [0.5, 0.6) is 0 Å². The molecule has 2 fully saturated rings. The van der Waals surface area contributed by atoms with Gasteiger partial charge in [-0.1, -0.05) is 18.2 Å². The zero-order chi connectivity index (χ0) is 21.1. The molecule has 156 valence electrons. The van der Waals surface area contributed by atoms with Crippen molar-refractivity contribution < 1.29 is 19.9 Å². The summed E-state index contributed by atoms with van der Waals surface area (Å²) in [5.74, 6) is 0.519. The quantitative estimate of drug-likeness (QED) is 0.691. The molecule has 4 aliphatic heterocycles. The molecule has 9 heteroatoms. The minimum absolute atomic E-state index is 0.0226. The fourth-order valence-electron chi connectivity index (χ4n) is 4.60. The first kappa shape index (κ1) is 17.5. The van der Waals surface area contributed by atoms with Gasteiger partial charge < -0.3 is 18.5 Å². The third-order valence-electron chi connectivity index (χ3n) is 6.05. The highest BCUT2D eigenvalue weighted by molar-refractivity contribution is 7.49. The summed E-state index contributed by atoms with van der Waals surface area (Å²) in [6, 6.07) is 8.69. The molecule has 0 spiro atoms. The van der Waals surface area contributed by atoms with E-state index in [2.05, 4.69) is 32.8 Å². The van der Waals surface area contributed by atoms with Crippen LogP contribution in [-0.2, 0) is 20.2 Å². The van der Waals surface area contributed by atoms with Crippen molar-refractivity contribution in [3.05, 3.63) is 41.9 Å². The molecule has 0 saturated carbocycles. The van der Waals surface area contributed by atoms with Crippen LogP contribution in [0.25, 0.3) is 0 Å². The molecular weight excluding hydrogens is 403 g/mol. The Hall–Kier alpha value is -2.12. The summed E-state index contributed by atoms with van der Waals surface area (Å²) in [6.45, 7) is 2.58. The van der Waals surface area contributed by atoms with E-state index in [1.807, 2.05) is 13.0 Å². The van der Waals surface area contributed by atoms with Crippen molar-refractivity contribution in [1.82, 2.24) is 9.55 Å². The smallest absolute Gasteiger partial charge is 0.290 e. The van der Waals surface area contributed by atoms with Gasteiger partial charge in [-0.25, -0.2) is 9.98 Å². The van der Waals surface area contributed by atoms with Crippen molar-refractivity contribution in [2.75, 3.05) is 11.3 Å². The Morgan fingerprint density at radius 2 is 2.27 bits per heavy atom. The summed E-state index contributed by atoms with van der Waals surface area (Å²) in [5.41, 5.74) is 3.66. The van der Waals surface area contributed by atoms with Gasteiger partial charge in [0.15, 0.2) is 17.3 Å². The lowest BCUT2D eigenvalue weighted by atomic mass is 10.1. The number of ether oxygens (including phenoxy) is 1. The van der Waals surface area contributed by atoms with Crippen molar-refractivity contribution in [2.45, 2.75) is 57.6 Å². The molecular formula is C21H23N4O4P. The number of ketones is 1. The Balaban J connectivity index is 1.23. The normalized spacial score (nSPS) is 32.6. The van der Waals surface area contributed by atoms with Gasteiger partial charge in [-0.3, -0.25) is 9.36 Å². The molecule has 0 radical (unpaired) electrons. The maximum Gasteiger partial charge on any atom is 0.290 e. The number of rotatable bonds is 3. The number of carbonyl (C=O) groups is 1. The fraction of sp³-hybridized carbons (Fsp3) is 0.476. The number of nitrogens with zero attached hydrogens (tertiary/aromatic N) is 4. The number of Topliss-reactive ketones (excluding diaryl/α,β-unsaturated/α-hetero) is 1. The highest BCUT2D eigenvalue weighted by atomic mass is 31.2. The van der Waals surface area contributed by atoms with E-state index < -0.39 is 8.53 Å². The Morgan fingerprint density at radius 3 is 3.17 bits per heavy atom. The van der Waals surface area contributed by atoms with E-state index >= 15 is 0 Å². The van der Waals surface area contributed by atoms with E-state index in [0.29, 0.717) is 37.0 Å². The Labute approximate surface area is 177 Å². The maximum absolute atomic E-state index is 12.3. The van der Waals surface area contributed by atoms with Crippen LogP contribution < -0.4 is 4.67 Å². The first-order chi connectivity index (χ1) is 15.1. The minimum atomic E-state index is -1.25. The molecule has 2 saturated heterocycles. The zero-order valence-corrected chi connectivity index (χ0v) is 17.5. The highest BCUT2D eigenvalue weighted by Crippen LogP contribution is 2.58. The second-order valence-corrected chi connectivity index (χ2v) is 9.52. The number of carbonyl (C=O) groups excluding carboxylic acids is 1. The molecule has 0 bridgehead atoms. The molecule has 6 rings (SSSR count). The number of hydrogen-bond donors (Lipinski definition) is 0. The lowest BCUT2D eigenvalue weighted by Crippen LogP contribution is -2.26. The van der Waals surface area contributed by atoms with Gasteiger partial charge in [0.2, 0.25) is 0 Å². The van der Waals surface area contributed by atoms with E-state index in [9.17, 15) is 4.79 Å². The number of benzene rings is 1. The average Bonchev–Trinajstić information content (AvgIpc) is 3.50. The van der Waals surface area contributed by atoms with Crippen LogP contribution in [-0.4, -0.2) is 45.9 Å². The van der Waals surface area contributed by atoms with Gasteiger partial charge in [0.05, 0.1) is 37.6 Å². The van der Waals surface area contributed by atoms with Gasteiger partial charge in [-0.15, -0.1) is 0 Å². The first-order valence-electron chi connectivity index (χ1n) is 10.9. The van der Waals surface area contributed by atoms with E-state index in [-0.39, 0.29) is 31.1 Å². The molecule has 3 unspecified atom stereocenters. The van der Waals surface area contributed by atoms with Crippen LogP contribution in [0.15, 0.2) is 35.6 Å². The maximum atomic E-state index is 12.3. The van der Waals surface area contributed by atoms with Crippen molar-refractivity contribution in [3.63, 3.8) is 0 Å². The van der Waals surface area contributed by atoms with Gasteiger partial charge in [-0.05, 0) is 31.9 Å². The predicted molar refractivity (Wildman–Crippen MR) is 112 cm³/mol. The molecule has 5 atom stereocenters. The number of para-hydroxylation sites is 1. The van der Waals surface area contributed by atoms with Crippen molar-refractivity contribution in [1.29, 1.82) is 0 Å². The minimum Gasteiger partial charge on any atom is -0.352 e. The van der Waals surface area contributed by atoms with Gasteiger partial charge in [-0.2, -0.15) is 0 Å². The van der Waals surface area contributed by atoms with Gasteiger partial charge in [0, 0.05) is 19.2 Å². The molecule has 0 aliphatic carbocycles. The molecule has 4 aliphatic rings. The molecule has 0 amide bonds. The monoisotopic (exact) mass is 427 g/mol. The Kier molecular flexibility index (Phi) is 4.07. The number of aromatic nitrogens is 2. The third kappa shape index (κ3) is 2.86. The Morgan fingerprint density at radius 1 is 1.37 bits per heavy atom. The second kappa shape index (κ2) is 6.95. The van der Waals surface area contributed by atoms with E-state index in [1.54, 1.807) is 10.9 Å². The van der Waals surface area contributed by atoms with Crippen LogP contribution in [0, 0.1) is 0 Å².